The van der Waals surface area contributed by atoms with Gasteiger partial charge >= 0.3 is 0 Å². The highest BCUT2D eigenvalue weighted by molar-refractivity contribution is 7.70. The fourth-order valence-corrected chi connectivity index (χ4v) is 5.08. The average molecular weight is 374 g/mol. The third kappa shape index (κ3) is 4.09. The molecule has 0 saturated carbocycles. The summed E-state index contributed by atoms with van der Waals surface area (Å²) in [6.45, 7) is 9.80. The van der Waals surface area contributed by atoms with Crippen LogP contribution in [-0.2, 0) is 4.57 Å². The van der Waals surface area contributed by atoms with Gasteiger partial charge in [-0.1, -0.05) is 36.4 Å². The molecule has 2 aromatic rings. The van der Waals surface area contributed by atoms with Gasteiger partial charge in [0.15, 0.2) is 0 Å². The van der Waals surface area contributed by atoms with Crippen molar-refractivity contribution in [1.82, 2.24) is 10.2 Å². The highest BCUT2D eigenvalue weighted by atomic mass is 31.2. The Labute approximate surface area is 156 Å². The number of halogens is 1. The van der Waals surface area contributed by atoms with E-state index < -0.39 is 7.14 Å². The summed E-state index contributed by atoms with van der Waals surface area (Å²) in [5, 5.41) is 4.43. The minimum Gasteiger partial charge on any atom is -0.319 e. The molecular formula is C21H28FN2OP. The molecule has 5 heteroatoms. The lowest BCUT2D eigenvalue weighted by Gasteiger charge is -2.43. The summed E-state index contributed by atoms with van der Waals surface area (Å²) in [6.07, 6.45) is 0. The maximum Gasteiger partial charge on any atom is 0.123 e. The lowest BCUT2D eigenvalue weighted by molar-refractivity contribution is 0.113. The Bertz CT molecular complexity index is 802. The molecular weight excluding hydrogens is 346 g/mol. The molecule has 0 spiro atoms. The van der Waals surface area contributed by atoms with E-state index in [0.29, 0.717) is 12.1 Å². The Morgan fingerprint density at radius 1 is 1.12 bits per heavy atom. The van der Waals surface area contributed by atoms with Crippen LogP contribution < -0.4 is 10.6 Å². The van der Waals surface area contributed by atoms with Crippen molar-refractivity contribution in [3.63, 3.8) is 0 Å². The Balaban J connectivity index is 2.16. The molecule has 1 heterocycles. The van der Waals surface area contributed by atoms with E-state index in [1.165, 1.54) is 12.1 Å². The molecule has 0 bridgehead atoms. The van der Waals surface area contributed by atoms with Crippen molar-refractivity contribution in [3.8, 4) is 0 Å². The monoisotopic (exact) mass is 374 g/mol. The molecule has 0 aromatic heterocycles. The molecule has 3 atom stereocenters. The zero-order valence-electron chi connectivity index (χ0n) is 15.9. The zero-order valence-corrected chi connectivity index (χ0v) is 16.8. The average Bonchev–Trinajstić information content (AvgIpc) is 2.59. The van der Waals surface area contributed by atoms with E-state index in [0.717, 1.165) is 29.5 Å². The third-order valence-electron chi connectivity index (χ3n) is 5.14. The number of rotatable bonds is 4. The summed E-state index contributed by atoms with van der Waals surface area (Å²) in [7, 11) is -2.44. The first-order valence-corrected chi connectivity index (χ1v) is 11.8. The molecule has 1 fully saturated rings. The van der Waals surface area contributed by atoms with Crippen LogP contribution in [0.2, 0.25) is 0 Å². The van der Waals surface area contributed by atoms with Crippen LogP contribution in [0.1, 0.15) is 31.0 Å². The highest BCUT2D eigenvalue weighted by Gasteiger charge is 2.33. The second-order valence-electron chi connectivity index (χ2n) is 7.72. The molecule has 1 saturated heterocycles. The van der Waals surface area contributed by atoms with Gasteiger partial charge in [0.05, 0.1) is 6.04 Å². The number of piperazine rings is 1. The first-order chi connectivity index (χ1) is 12.3. The third-order valence-corrected chi connectivity index (χ3v) is 6.71. The van der Waals surface area contributed by atoms with E-state index in [1.807, 2.05) is 43.7 Å². The van der Waals surface area contributed by atoms with Crippen LogP contribution in [-0.4, -0.2) is 43.4 Å². The van der Waals surface area contributed by atoms with Gasteiger partial charge in [-0.2, -0.15) is 0 Å². The Kier molecular flexibility index (Phi) is 5.67. The molecule has 3 rings (SSSR count). The van der Waals surface area contributed by atoms with E-state index in [-0.39, 0.29) is 11.9 Å². The predicted molar refractivity (Wildman–Crippen MR) is 107 cm³/mol. The molecule has 3 nitrogen and oxygen atoms in total. The summed E-state index contributed by atoms with van der Waals surface area (Å²) in [5.41, 5.74) is 2.10. The highest BCUT2D eigenvalue weighted by Crippen LogP contribution is 2.40. The van der Waals surface area contributed by atoms with Crippen LogP contribution >= 0.6 is 7.14 Å². The summed E-state index contributed by atoms with van der Waals surface area (Å²) in [6, 6.07) is 15.4. The number of hydrogen-bond acceptors (Lipinski definition) is 3. The van der Waals surface area contributed by atoms with Crippen LogP contribution in [0.25, 0.3) is 0 Å². The van der Waals surface area contributed by atoms with Gasteiger partial charge in [0.25, 0.3) is 0 Å². The molecule has 140 valence electrons. The number of hydrogen-bond donors (Lipinski definition) is 1. The number of nitrogens with zero attached hydrogens (tertiary/aromatic N) is 1. The molecule has 26 heavy (non-hydrogen) atoms. The summed E-state index contributed by atoms with van der Waals surface area (Å²) < 4.78 is 26.5. The molecule has 0 amide bonds. The van der Waals surface area contributed by atoms with Crippen molar-refractivity contribution in [2.24, 2.45) is 0 Å². The van der Waals surface area contributed by atoms with E-state index in [2.05, 4.69) is 30.1 Å². The van der Waals surface area contributed by atoms with Crippen LogP contribution in [0, 0.1) is 5.82 Å². The second kappa shape index (κ2) is 7.64. The van der Waals surface area contributed by atoms with E-state index in [9.17, 15) is 8.96 Å². The lowest BCUT2D eigenvalue weighted by Crippen LogP contribution is -2.55. The van der Waals surface area contributed by atoms with Gasteiger partial charge in [-0.3, -0.25) is 4.90 Å². The standard InChI is InChI=1S/C21H28FN2OP/c1-15-14-24(16(2)13-23-15)21(17-9-11-18(22)12-10-17)19-7-5-6-8-20(19)26(3,4)25/h5-12,15-16,21,23H,13-14H2,1-4H3/t15-,16+,21?/m0/s1. The van der Waals surface area contributed by atoms with Gasteiger partial charge in [-0.15, -0.1) is 0 Å². The van der Waals surface area contributed by atoms with Gasteiger partial charge in [0, 0.05) is 30.5 Å². The van der Waals surface area contributed by atoms with Gasteiger partial charge in [0.2, 0.25) is 0 Å². The normalized spacial score (nSPS) is 23.0. The van der Waals surface area contributed by atoms with Crippen molar-refractivity contribution in [3.05, 3.63) is 65.5 Å². The lowest BCUT2D eigenvalue weighted by atomic mass is 9.94. The molecule has 0 aliphatic carbocycles. The minimum atomic E-state index is -2.44. The van der Waals surface area contributed by atoms with Crippen LogP contribution in [0.4, 0.5) is 4.39 Å². The summed E-state index contributed by atoms with van der Waals surface area (Å²) in [5.74, 6) is -0.237. The first kappa shape index (κ1) is 19.3. The molecule has 2 aromatic carbocycles. The van der Waals surface area contributed by atoms with Crippen LogP contribution in [0.3, 0.4) is 0 Å². The van der Waals surface area contributed by atoms with E-state index in [1.54, 1.807) is 0 Å². The fraction of sp³-hybridized carbons (Fsp3) is 0.429. The van der Waals surface area contributed by atoms with E-state index >= 15 is 0 Å². The van der Waals surface area contributed by atoms with Crippen molar-refractivity contribution in [1.29, 1.82) is 0 Å². The van der Waals surface area contributed by atoms with Gasteiger partial charge in [0.1, 0.15) is 13.0 Å². The first-order valence-electron chi connectivity index (χ1n) is 9.16. The molecule has 1 aliphatic rings. The largest absolute Gasteiger partial charge is 0.319 e. The smallest absolute Gasteiger partial charge is 0.123 e. The van der Waals surface area contributed by atoms with Gasteiger partial charge < -0.3 is 9.88 Å². The Morgan fingerprint density at radius 3 is 2.42 bits per heavy atom. The Morgan fingerprint density at radius 2 is 1.77 bits per heavy atom. The van der Waals surface area contributed by atoms with Crippen LogP contribution in [0.5, 0.6) is 0 Å². The Hall–Kier alpha value is -1.48. The van der Waals surface area contributed by atoms with Gasteiger partial charge in [-0.25, -0.2) is 4.39 Å². The summed E-state index contributed by atoms with van der Waals surface area (Å²) >= 11 is 0. The van der Waals surface area contributed by atoms with Crippen LogP contribution in [0.15, 0.2) is 48.5 Å². The quantitative estimate of drug-likeness (QED) is 0.826. The van der Waals surface area contributed by atoms with E-state index in [4.69, 9.17) is 0 Å². The minimum absolute atomic E-state index is 0.0421. The topological polar surface area (TPSA) is 32.3 Å². The summed E-state index contributed by atoms with van der Waals surface area (Å²) in [4.78, 5) is 2.45. The molecule has 1 aliphatic heterocycles. The maximum absolute atomic E-state index is 13.5. The second-order valence-corrected chi connectivity index (χ2v) is 10.9. The fourth-order valence-electron chi connectivity index (χ4n) is 3.81. The number of benzene rings is 2. The molecule has 1 N–H and O–H groups in total. The van der Waals surface area contributed by atoms with Gasteiger partial charge in [-0.05, 0) is 50.4 Å². The maximum atomic E-state index is 13.5. The van der Waals surface area contributed by atoms with Crippen molar-refractivity contribution >= 4 is 12.4 Å². The number of nitrogens with one attached hydrogen (secondary N) is 1. The SMILES string of the molecule is C[C@@H]1CN[C@@H](C)CN1C(c1ccc(F)cc1)c1ccccc1P(C)(C)=O. The molecule has 1 unspecified atom stereocenters. The predicted octanol–water partition coefficient (Wildman–Crippen LogP) is 3.85. The molecule has 0 radical (unpaired) electrons. The van der Waals surface area contributed by atoms with Crippen molar-refractivity contribution in [2.75, 3.05) is 26.4 Å². The van der Waals surface area contributed by atoms with Crippen molar-refractivity contribution < 1.29 is 8.96 Å². The van der Waals surface area contributed by atoms with Crippen molar-refractivity contribution in [2.45, 2.75) is 32.0 Å². The zero-order chi connectivity index (χ0) is 18.9.